The Morgan fingerprint density at radius 3 is 2.79 bits per heavy atom. The number of halogens is 1. The van der Waals surface area contributed by atoms with Gasteiger partial charge in [-0.05, 0) is 29.8 Å². The molecular formula is C21H19ClN2O4. The lowest BCUT2D eigenvalue weighted by molar-refractivity contribution is -0.115. The van der Waals surface area contributed by atoms with E-state index in [1.54, 1.807) is 36.4 Å². The van der Waals surface area contributed by atoms with Crippen molar-refractivity contribution in [2.45, 2.75) is 12.8 Å². The van der Waals surface area contributed by atoms with Gasteiger partial charge in [0.25, 0.3) is 5.91 Å². The van der Waals surface area contributed by atoms with Crippen LogP contribution in [0.1, 0.15) is 22.3 Å². The molecule has 0 bridgehead atoms. The maximum Gasteiger partial charge on any atom is 0.254 e. The molecule has 3 rings (SSSR count). The summed E-state index contributed by atoms with van der Waals surface area (Å²) in [5.41, 5.74) is 1.42. The van der Waals surface area contributed by atoms with Crippen LogP contribution in [-0.2, 0) is 11.2 Å². The molecule has 0 atom stereocenters. The summed E-state index contributed by atoms with van der Waals surface area (Å²) in [6.45, 7) is 1.17. The van der Waals surface area contributed by atoms with Crippen molar-refractivity contribution in [2.24, 2.45) is 0 Å². The highest BCUT2D eigenvalue weighted by Crippen LogP contribution is 2.38. The molecule has 0 aliphatic carbocycles. The smallest absolute Gasteiger partial charge is 0.254 e. The van der Waals surface area contributed by atoms with Crippen molar-refractivity contribution in [3.63, 3.8) is 0 Å². The maximum absolute atomic E-state index is 12.5. The van der Waals surface area contributed by atoms with Crippen LogP contribution in [0.15, 0.2) is 36.4 Å². The summed E-state index contributed by atoms with van der Waals surface area (Å²) in [4.78, 5) is 24.7. The van der Waals surface area contributed by atoms with Crippen LogP contribution < -0.4 is 20.1 Å². The van der Waals surface area contributed by atoms with E-state index in [-0.39, 0.29) is 24.8 Å². The number of nitrogens with one attached hydrogen (secondary N) is 2. The normalized spacial score (nSPS) is 12.4. The molecule has 1 aliphatic rings. The van der Waals surface area contributed by atoms with Gasteiger partial charge in [0, 0.05) is 6.42 Å². The minimum Gasteiger partial charge on any atom is -0.489 e. The molecule has 2 aromatic carbocycles. The molecule has 0 radical (unpaired) electrons. The van der Waals surface area contributed by atoms with Gasteiger partial charge in [0.1, 0.15) is 0 Å². The first kappa shape index (κ1) is 19.6. The van der Waals surface area contributed by atoms with E-state index in [1.165, 1.54) is 0 Å². The second kappa shape index (κ2) is 9.16. The summed E-state index contributed by atoms with van der Waals surface area (Å²) in [7, 11) is 0. The highest BCUT2D eigenvalue weighted by molar-refractivity contribution is 6.32. The van der Waals surface area contributed by atoms with Gasteiger partial charge in [0.05, 0.1) is 42.5 Å². The Labute approximate surface area is 168 Å². The third-order valence-corrected chi connectivity index (χ3v) is 4.30. The molecule has 0 saturated heterocycles. The van der Waals surface area contributed by atoms with Crippen molar-refractivity contribution in [1.82, 2.24) is 5.32 Å². The standard InChI is InChI=1S/C21H19ClN2O4/c1-2-8-23-21(26)15-6-3-4-7-17(15)24-19(25)13-14-11-16(22)20-18(12-14)27-9-5-10-28-20/h1,3-4,6-7,11-12H,5,8-10,13H2,(H,23,26)(H,24,25). The third kappa shape index (κ3) is 4.76. The van der Waals surface area contributed by atoms with E-state index in [4.69, 9.17) is 27.5 Å². The van der Waals surface area contributed by atoms with Gasteiger partial charge in [0.15, 0.2) is 11.5 Å². The Bertz CT molecular complexity index is 936. The average molecular weight is 399 g/mol. The number of carbonyl (C=O) groups excluding carboxylic acids is 2. The van der Waals surface area contributed by atoms with Crippen molar-refractivity contribution >= 4 is 29.1 Å². The molecule has 2 aromatic rings. The molecule has 28 heavy (non-hydrogen) atoms. The summed E-state index contributed by atoms with van der Waals surface area (Å²) < 4.78 is 11.2. The van der Waals surface area contributed by atoms with Crippen molar-refractivity contribution in [2.75, 3.05) is 25.1 Å². The first-order valence-corrected chi connectivity index (χ1v) is 9.15. The summed E-state index contributed by atoms with van der Waals surface area (Å²) in [5.74, 6) is 2.73. The van der Waals surface area contributed by atoms with Gasteiger partial charge in [-0.1, -0.05) is 29.7 Å². The Morgan fingerprint density at radius 2 is 1.96 bits per heavy atom. The zero-order valence-corrected chi connectivity index (χ0v) is 15.8. The first-order chi connectivity index (χ1) is 13.6. The zero-order chi connectivity index (χ0) is 19.9. The molecule has 0 saturated carbocycles. The fraction of sp³-hybridized carbons (Fsp3) is 0.238. The molecule has 0 fully saturated rings. The van der Waals surface area contributed by atoms with Gasteiger partial charge >= 0.3 is 0 Å². The molecule has 0 spiro atoms. The predicted octanol–water partition coefficient (Wildman–Crippen LogP) is 3.05. The fourth-order valence-electron chi connectivity index (χ4n) is 2.78. The van der Waals surface area contributed by atoms with Crippen LogP contribution in [0.3, 0.4) is 0 Å². The Kier molecular flexibility index (Phi) is 6.41. The number of hydrogen-bond donors (Lipinski definition) is 2. The topological polar surface area (TPSA) is 76.7 Å². The zero-order valence-electron chi connectivity index (χ0n) is 15.1. The van der Waals surface area contributed by atoms with Gasteiger partial charge in [-0.25, -0.2) is 0 Å². The van der Waals surface area contributed by atoms with Crippen molar-refractivity contribution < 1.29 is 19.1 Å². The number of hydrogen-bond acceptors (Lipinski definition) is 4. The molecule has 0 aromatic heterocycles. The van der Waals surface area contributed by atoms with E-state index in [9.17, 15) is 9.59 Å². The molecular weight excluding hydrogens is 380 g/mol. The van der Waals surface area contributed by atoms with Crippen molar-refractivity contribution in [1.29, 1.82) is 0 Å². The number of terminal acetylenes is 1. The van der Waals surface area contributed by atoms with E-state index in [0.717, 1.165) is 6.42 Å². The number of anilines is 1. The molecule has 2 N–H and O–H groups in total. The van der Waals surface area contributed by atoms with Crippen molar-refractivity contribution in [3.8, 4) is 23.8 Å². The second-order valence-electron chi connectivity index (χ2n) is 6.11. The van der Waals surface area contributed by atoms with Crippen LogP contribution in [0.25, 0.3) is 0 Å². The van der Waals surface area contributed by atoms with Gasteiger partial charge in [-0.15, -0.1) is 6.42 Å². The Morgan fingerprint density at radius 1 is 1.18 bits per heavy atom. The molecule has 1 heterocycles. The van der Waals surface area contributed by atoms with E-state index >= 15 is 0 Å². The largest absolute Gasteiger partial charge is 0.489 e. The number of carbonyl (C=O) groups is 2. The van der Waals surface area contributed by atoms with E-state index in [2.05, 4.69) is 16.6 Å². The minimum absolute atomic E-state index is 0.0661. The third-order valence-electron chi connectivity index (χ3n) is 4.02. The molecule has 0 unspecified atom stereocenters. The summed E-state index contributed by atoms with van der Waals surface area (Å²) in [6.07, 6.45) is 6.00. The van der Waals surface area contributed by atoms with Crippen LogP contribution in [-0.4, -0.2) is 31.6 Å². The fourth-order valence-corrected chi connectivity index (χ4v) is 3.07. The van der Waals surface area contributed by atoms with Crippen molar-refractivity contribution in [3.05, 3.63) is 52.5 Å². The molecule has 6 nitrogen and oxygen atoms in total. The quantitative estimate of drug-likeness (QED) is 0.759. The summed E-state index contributed by atoms with van der Waals surface area (Å²) >= 11 is 6.27. The van der Waals surface area contributed by atoms with Gasteiger partial charge in [-0.2, -0.15) is 0 Å². The van der Waals surface area contributed by atoms with Gasteiger partial charge in [0.2, 0.25) is 5.91 Å². The summed E-state index contributed by atoms with van der Waals surface area (Å²) in [6, 6.07) is 10.1. The lowest BCUT2D eigenvalue weighted by Crippen LogP contribution is -2.25. The minimum atomic E-state index is -0.354. The molecule has 1 aliphatic heterocycles. The predicted molar refractivity (Wildman–Crippen MR) is 107 cm³/mol. The van der Waals surface area contributed by atoms with Crippen LogP contribution in [0.2, 0.25) is 5.02 Å². The maximum atomic E-state index is 12.5. The van der Waals surface area contributed by atoms with E-state index < -0.39 is 0 Å². The highest BCUT2D eigenvalue weighted by atomic mass is 35.5. The lowest BCUT2D eigenvalue weighted by Gasteiger charge is -2.13. The number of para-hydroxylation sites is 1. The molecule has 144 valence electrons. The monoisotopic (exact) mass is 398 g/mol. The first-order valence-electron chi connectivity index (χ1n) is 8.77. The average Bonchev–Trinajstić information content (AvgIpc) is 2.92. The van der Waals surface area contributed by atoms with E-state index in [1.807, 2.05) is 0 Å². The highest BCUT2D eigenvalue weighted by Gasteiger charge is 2.18. The lowest BCUT2D eigenvalue weighted by atomic mass is 10.1. The second-order valence-corrected chi connectivity index (χ2v) is 6.52. The van der Waals surface area contributed by atoms with Gasteiger partial charge < -0.3 is 20.1 Å². The van der Waals surface area contributed by atoms with E-state index in [0.29, 0.717) is 46.5 Å². The number of amides is 2. The number of rotatable bonds is 5. The Balaban J connectivity index is 1.73. The SMILES string of the molecule is C#CCNC(=O)c1ccccc1NC(=O)Cc1cc(Cl)c2c(c1)OCCCO2. The number of benzene rings is 2. The number of fused-ring (bicyclic) bond motifs is 1. The Hall–Kier alpha value is -3.17. The van der Waals surface area contributed by atoms with Crippen LogP contribution in [0.4, 0.5) is 5.69 Å². The number of ether oxygens (including phenoxy) is 2. The van der Waals surface area contributed by atoms with Crippen LogP contribution >= 0.6 is 11.6 Å². The van der Waals surface area contributed by atoms with Crippen LogP contribution in [0, 0.1) is 12.3 Å². The van der Waals surface area contributed by atoms with Gasteiger partial charge in [-0.3, -0.25) is 9.59 Å². The van der Waals surface area contributed by atoms with Crippen LogP contribution in [0.5, 0.6) is 11.5 Å². The summed E-state index contributed by atoms with van der Waals surface area (Å²) in [5, 5.41) is 5.75. The molecule has 2 amide bonds. The molecule has 7 heteroatoms.